The molecule has 1 heterocycles. The first-order valence-electron chi connectivity index (χ1n) is 11.0. The minimum Gasteiger partial charge on any atom is -0.493 e. The minimum atomic E-state index is -0.419. The quantitative estimate of drug-likeness (QED) is 0.537. The summed E-state index contributed by atoms with van der Waals surface area (Å²) < 4.78 is 16.0. The molecule has 1 aliphatic rings. The smallest absolute Gasteiger partial charge is 0.293 e. The number of methoxy groups -OCH3 is 3. The second-order valence-corrected chi connectivity index (χ2v) is 9.87. The lowest BCUT2D eigenvalue weighted by molar-refractivity contribution is -0.122. The number of benzene rings is 2. The molecule has 1 aliphatic heterocycles. The first kappa shape index (κ1) is 26.2. The van der Waals surface area contributed by atoms with E-state index in [-0.39, 0.29) is 29.3 Å². The van der Waals surface area contributed by atoms with E-state index in [2.05, 4.69) is 26.1 Å². The van der Waals surface area contributed by atoms with Crippen molar-refractivity contribution in [2.75, 3.05) is 34.4 Å². The largest absolute Gasteiger partial charge is 0.493 e. The molecule has 0 aliphatic carbocycles. The Morgan fingerprint density at radius 3 is 2.11 bits per heavy atom. The molecule has 3 amide bonds. The fraction of sp³-hybridized carbons (Fsp3) is 0.346. The van der Waals surface area contributed by atoms with Crippen LogP contribution in [0.25, 0.3) is 6.08 Å². The monoisotopic (exact) mass is 498 g/mol. The third kappa shape index (κ3) is 5.97. The molecule has 0 spiro atoms. The summed E-state index contributed by atoms with van der Waals surface area (Å²) in [5, 5.41) is 2.38. The summed E-state index contributed by atoms with van der Waals surface area (Å²) in [6, 6.07) is 10.8. The number of rotatable bonds is 8. The van der Waals surface area contributed by atoms with Gasteiger partial charge in [0.1, 0.15) is 0 Å². The predicted molar refractivity (Wildman–Crippen MR) is 136 cm³/mol. The molecule has 0 saturated carbocycles. The highest BCUT2D eigenvalue weighted by molar-refractivity contribution is 8.18. The maximum atomic E-state index is 12.8. The highest BCUT2D eigenvalue weighted by Crippen LogP contribution is 2.40. The lowest BCUT2D eigenvalue weighted by Gasteiger charge is -2.19. The van der Waals surface area contributed by atoms with Gasteiger partial charge in [-0.1, -0.05) is 32.9 Å². The van der Waals surface area contributed by atoms with Gasteiger partial charge < -0.3 is 19.5 Å². The van der Waals surface area contributed by atoms with Crippen LogP contribution in [0, 0.1) is 0 Å². The van der Waals surface area contributed by atoms with Gasteiger partial charge in [0.25, 0.3) is 17.1 Å². The molecule has 1 fully saturated rings. The number of carbonyl (C=O) groups is 3. The van der Waals surface area contributed by atoms with Crippen LogP contribution in [-0.4, -0.2) is 56.4 Å². The van der Waals surface area contributed by atoms with Gasteiger partial charge in [-0.25, -0.2) is 0 Å². The summed E-state index contributed by atoms with van der Waals surface area (Å²) >= 11 is 0.846. The van der Waals surface area contributed by atoms with Crippen molar-refractivity contribution in [3.05, 3.63) is 58.0 Å². The third-order valence-electron chi connectivity index (χ3n) is 5.49. The summed E-state index contributed by atoms with van der Waals surface area (Å²) in [4.78, 5) is 39.2. The van der Waals surface area contributed by atoms with Crippen LogP contribution in [0.5, 0.6) is 17.2 Å². The van der Waals surface area contributed by atoms with E-state index in [1.165, 1.54) is 21.3 Å². The number of nitrogens with zero attached hydrogens (tertiary/aromatic N) is 1. The standard InChI is InChI=1S/C26H30N2O6S/c1-26(2,3)18-9-7-17(8-10-18)23(29)27-11-12-28-24(30)21(35-25(28)31)15-16-13-19(32-4)22(34-6)20(14-16)33-5/h7-10,13-15H,11-12H2,1-6H3,(H,27,29)/b21-15-. The van der Waals surface area contributed by atoms with Gasteiger partial charge in [-0.3, -0.25) is 19.3 Å². The van der Waals surface area contributed by atoms with Gasteiger partial charge in [0, 0.05) is 18.7 Å². The molecule has 0 atom stereocenters. The highest BCUT2D eigenvalue weighted by Gasteiger charge is 2.34. The number of nitrogens with one attached hydrogen (secondary N) is 1. The summed E-state index contributed by atoms with van der Waals surface area (Å²) in [5.41, 5.74) is 2.27. The first-order chi connectivity index (χ1) is 16.6. The maximum absolute atomic E-state index is 12.8. The number of ether oxygens (including phenoxy) is 3. The first-order valence-corrected chi connectivity index (χ1v) is 11.8. The van der Waals surface area contributed by atoms with E-state index in [1.54, 1.807) is 30.3 Å². The SMILES string of the molecule is COc1cc(/C=C2\SC(=O)N(CCNC(=O)c3ccc(C(C)(C)C)cc3)C2=O)cc(OC)c1OC. The fourth-order valence-electron chi connectivity index (χ4n) is 3.53. The highest BCUT2D eigenvalue weighted by atomic mass is 32.2. The van der Waals surface area contributed by atoms with Crippen molar-refractivity contribution in [3.63, 3.8) is 0 Å². The molecule has 0 bridgehead atoms. The molecular formula is C26H30N2O6S. The molecule has 9 heteroatoms. The average molecular weight is 499 g/mol. The zero-order valence-corrected chi connectivity index (χ0v) is 21.6. The summed E-state index contributed by atoms with van der Waals surface area (Å²) in [6.07, 6.45) is 1.60. The van der Waals surface area contributed by atoms with Crippen molar-refractivity contribution in [1.82, 2.24) is 10.2 Å². The molecule has 2 aromatic rings. The molecule has 0 aromatic heterocycles. The van der Waals surface area contributed by atoms with Crippen LogP contribution in [0.3, 0.4) is 0 Å². The normalized spacial score (nSPS) is 14.9. The molecule has 1 N–H and O–H groups in total. The topological polar surface area (TPSA) is 94.2 Å². The Balaban J connectivity index is 1.65. The van der Waals surface area contributed by atoms with Crippen LogP contribution in [-0.2, 0) is 10.2 Å². The van der Waals surface area contributed by atoms with Gasteiger partial charge >= 0.3 is 0 Å². The van der Waals surface area contributed by atoms with Crippen molar-refractivity contribution in [3.8, 4) is 17.2 Å². The second kappa shape index (κ2) is 10.9. The maximum Gasteiger partial charge on any atom is 0.293 e. The summed E-state index contributed by atoms with van der Waals surface area (Å²) in [7, 11) is 4.51. The Hall–Kier alpha value is -3.46. The van der Waals surface area contributed by atoms with Crippen molar-refractivity contribution in [2.24, 2.45) is 0 Å². The van der Waals surface area contributed by atoms with Crippen molar-refractivity contribution in [1.29, 1.82) is 0 Å². The summed E-state index contributed by atoms with van der Waals surface area (Å²) in [6.45, 7) is 6.54. The van der Waals surface area contributed by atoms with E-state index in [0.29, 0.717) is 28.4 Å². The Bertz CT molecular complexity index is 1130. The van der Waals surface area contributed by atoms with Gasteiger partial charge in [0.15, 0.2) is 11.5 Å². The Labute approximate surface area is 209 Å². The van der Waals surface area contributed by atoms with Crippen LogP contribution in [0.15, 0.2) is 41.3 Å². The molecular weight excluding hydrogens is 468 g/mol. The van der Waals surface area contributed by atoms with E-state index < -0.39 is 11.1 Å². The molecule has 2 aromatic carbocycles. The molecule has 8 nitrogen and oxygen atoms in total. The van der Waals surface area contributed by atoms with Crippen molar-refractivity contribution >= 4 is 34.9 Å². The van der Waals surface area contributed by atoms with Crippen molar-refractivity contribution in [2.45, 2.75) is 26.2 Å². The van der Waals surface area contributed by atoms with E-state index in [9.17, 15) is 14.4 Å². The fourth-order valence-corrected chi connectivity index (χ4v) is 4.40. The molecule has 0 unspecified atom stereocenters. The van der Waals surface area contributed by atoms with E-state index in [0.717, 1.165) is 22.2 Å². The van der Waals surface area contributed by atoms with Crippen LogP contribution in [0.1, 0.15) is 42.3 Å². The van der Waals surface area contributed by atoms with E-state index in [4.69, 9.17) is 14.2 Å². The summed E-state index contributed by atoms with van der Waals surface area (Å²) in [5.74, 6) is 0.637. The Morgan fingerprint density at radius 2 is 1.60 bits per heavy atom. The number of amides is 3. The Morgan fingerprint density at radius 1 is 1.00 bits per heavy atom. The number of hydrogen-bond acceptors (Lipinski definition) is 7. The molecule has 35 heavy (non-hydrogen) atoms. The average Bonchev–Trinajstić information content (AvgIpc) is 3.09. The number of thioether (sulfide) groups is 1. The minimum absolute atomic E-state index is 0.00352. The zero-order valence-electron chi connectivity index (χ0n) is 20.8. The van der Waals surface area contributed by atoms with Gasteiger partial charge in [-0.15, -0.1) is 0 Å². The van der Waals surface area contributed by atoms with E-state index in [1.807, 2.05) is 12.1 Å². The van der Waals surface area contributed by atoms with Crippen LogP contribution < -0.4 is 19.5 Å². The molecule has 186 valence electrons. The number of hydrogen-bond donors (Lipinski definition) is 1. The Kier molecular flexibility index (Phi) is 8.11. The van der Waals surface area contributed by atoms with Gasteiger partial charge in [-0.05, 0) is 58.6 Å². The molecule has 3 rings (SSSR count). The van der Waals surface area contributed by atoms with Crippen LogP contribution >= 0.6 is 11.8 Å². The molecule has 0 radical (unpaired) electrons. The number of carbonyl (C=O) groups excluding carboxylic acids is 3. The lowest BCUT2D eigenvalue weighted by Crippen LogP contribution is -2.37. The van der Waals surface area contributed by atoms with Crippen LogP contribution in [0.4, 0.5) is 4.79 Å². The lowest BCUT2D eigenvalue weighted by atomic mass is 9.87. The predicted octanol–water partition coefficient (Wildman–Crippen LogP) is 4.48. The van der Waals surface area contributed by atoms with E-state index >= 15 is 0 Å². The van der Waals surface area contributed by atoms with Gasteiger partial charge in [0.05, 0.1) is 26.2 Å². The number of imide groups is 1. The third-order valence-corrected chi connectivity index (χ3v) is 6.40. The molecule has 1 saturated heterocycles. The van der Waals surface area contributed by atoms with Crippen molar-refractivity contribution < 1.29 is 28.6 Å². The second-order valence-electron chi connectivity index (χ2n) is 8.88. The van der Waals surface area contributed by atoms with Gasteiger partial charge in [0.2, 0.25) is 5.75 Å². The van der Waals surface area contributed by atoms with Gasteiger partial charge in [-0.2, -0.15) is 0 Å². The zero-order chi connectivity index (χ0) is 25.8. The van der Waals surface area contributed by atoms with Crippen LogP contribution in [0.2, 0.25) is 0 Å².